The summed E-state index contributed by atoms with van der Waals surface area (Å²) in [6.07, 6.45) is -0.853. The predicted molar refractivity (Wildman–Crippen MR) is 90.1 cm³/mol. The average Bonchev–Trinajstić information content (AvgIpc) is 2.52. The number of rotatable bonds is 4. The number of benzene rings is 1. The highest BCUT2D eigenvalue weighted by molar-refractivity contribution is 6.23. The van der Waals surface area contributed by atoms with Crippen LogP contribution in [0.25, 0.3) is 0 Å². The molecule has 9 heteroatoms. The van der Waals surface area contributed by atoms with Gasteiger partial charge in [-0.25, -0.2) is 4.79 Å². The number of hydrogen-bond acceptors (Lipinski definition) is 6. The van der Waals surface area contributed by atoms with E-state index >= 15 is 0 Å². The molecular weight excluding hydrogens is 342 g/mol. The van der Waals surface area contributed by atoms with E-state index in [2.05, 4.69) is 5.32 Å². The molecule has 5 amide bonds. The maximum absolute atomic E-state index is 12.4. The molecule has 0 saturated carbocycles. The fourth-order valence-electron chi connectivity index (χ4n) is 2.13. The van der Waals surface area contributed by atoms with Crippen molar-refractivity contribution in [1.29, 1.82) is 0 Å². The van der Waals surface area contributed by atoms with Gasteiger partial charge >= 0.3 is 6.03 Å². The normalized spacial score (nSPS) is 16.5. The Hall–Kier alpha value is -3.07. The maximum atomic E-state index is 12.4. The predicted octanol–water partition coefficient (Wildman–Crippen LogP) is 0.341. The van der Waals surface area contributed by atoms with Crippen LogP contribution in [0.1, 0.15) is 37.6 Å². The Bertz CT molecular complexity index is 789. The van der Waals surface area contributed by atoms with Crippen LogP contribution >= 0.6 is 0 Å². The van der Waals surface area contributed by atoms with E-state index in [1.807, 2.05) is 0 Å². The lowest BCUT2D eigenvalue weighted by atomic mass is 9.90. The molecule has 0 spiro atoms. The van der Waals surface area contributed by atoms with Gasteiger partial charge in [0.15, 0.2) is 5.78 Å². The number of nitrogens with one attached hydrogen (secondary N) is 3. The number of hydrogen-bond donors (Lipinski definition) is 4. The van der Waals surface area contributed by atoms with Crippen LogP contribution in [0.5, 0.6) is 0 Å². The summed E-state index contributed by atoms with van der Waals surface area (Å²) in [6, 6.07) is 4.82. The highest BCUT2D eigenvalue weighted by atomic mass is 16.3. The zero-order chi connectivity index (χ0) is 19.7. The fourth-order valence-corrected chi connectivity index (χ4v) is 2.13. The fraction of sp³-hybridized carbons (Fsp3) is 0.353. The summed E-state index contributed by atoms with van der Waals surface area (Å²) < 4.78 is 0. The van der Waals surface area contributed by atoms with E-state index in [9.17, 15) is 29.1 Å². The molecule has 1 fully saturated rings. The number of amides is 5. The Morgan fingerprint density at radius 1 is 1.12 bits per heavy atom. The maximum Gasteiger partial charge on any atom is 0.328 e. The Kier molecular flexibility index (Phi) is 4.95. The summed E-state index contributed by atoms with van der Waals surface area (Å²) in [7, 11) is 0. The van der Waals surface area contributed by atoms with Crippen LogP contribution in [0.2, 0.25) is 0 Å². The number of aliphatic hydroxyl groups is 1. The van der Waals surface area contributed by atoms with Crippen LogP contribution in [0.3, 0.4) is 0 Å². The first kappa shape index (κ1) is 19.3. The minimum absolute atomic E-state index is 0.0858. The van der Waals surface area contributed by atoms with Crippen molar-refractivity contribution in [2.45, 2.75) is 32.8 Å². The van der Waals surface area contributed by atoms with E-state index in [1.54, 1.807) is 37.5 Å². The molecule has 9 nitrogen and oxygen atoms in total. The topological polar surface area (TPSA) is 142 Å². The molecule has 1 saturated heterocycles. The Balaban J connectivity index is 2.19. The number of carbonyl (C=O) groups excluding carboxylic acids is 5. The van der Waals surface area contributed by atoms with Crippen LogP contribution < -0.4 is 16.0 Å². The van der Waals surface area contributed by atoms with Crippen LogP contribution in [-0.4, -0.2) is 40.2 Å². The molecule has 1 aliphatic rings. The van der Waals surface area contributed by atoms with Gasteiger partial charge in [-0.2, -0.15) is 0 Å². The van der Waals surface area contributed by atoms with Gasteiger partial charge in [-0.15, -0.1) is 0 Å². The zero-order valence-electron chi connectivity index (χ0n) is 14.5. The van der Waals surface area contributed by atoms with E-state index in [0.29, 0.717) is 5.69 Å². The second kappa shape index (κ2) is 6.68. The van der Waals surface area contributed by atoms with Gasteiger partial charge in [0.2, 0.25) is 11.5 Å². The van der Waals surface area contributed by atoms with Crippen LogP contribution in [0, 0.1) is 5.41 Å². The highest BCUT2D eigenvalue weighted by Crippen LogP contribution is 2.21. The molecule has 0 bridgehead atoms. The zero-order valence-corrected chi connectivity index (χ0v) is 14.5. The summed E-state index contributed by atoms with van der Waals surface area (Å²) in [6.45, 7) is 5.19. The molecule has 26 heavy (non-hydrogen) atoms. The molecule has 1 aliphatic heterocycles. The van der Waals surface area contributed by atoms with Gasteiger partial charge in [-0.05, 0) is 12.1 Å². The van der Waals surface area contributed by atoms with Crippen molar-refractivity contribution in [2.75, 3.05) is 5.32 Å². The Morgan fingerprint density at radius 2 is 1.69 bits per heavy atom. The van der Waals surface area contributed by atoms with Gasteiger partial charge in [0.1, 0.15) is 0 Å². The van der Waals surface area contributed by atoms with Crippen molar-refractivity contribution in [1.82, 2.24) is 10.6 Å². The number of anilines is 1. The van der Waals surface area contributed by atoms with Crippen molar-refractivity contribution in [2.24, 2.45) is 5.41 Å². The third-order valence-electron chi connectivity index (χ3n) is 3.75. The second-order valence-electron chi connectivity index (χ2n) is 6.98. The number of urea groups is 1. The van der Waals surface area contributed by atoms with E-state index in [1.165, 1.54) is 18.2 Å². The van der Waals surface area contributed by atoms with Gasteiger partial charge in [0.05, 0.1) is 6.42 Å². The van der Waals surface area contributed by atoms with Crippen molar-refractivity contribution in [3.8, 4) is 0 Å². The monoisotopic (exact) mass is 361 g/mol. The second-order valence-corrected chi connectivity index (χ2v) is 6.98. The standard InChI is InChI=1S/C17H19N3O6/c1-16(2,3)12(22)18-10-6-4-5-9(7-10)11(21)8-17(26)13(23)19-15(25)20-14(17)24/h4-7,26H,8H2,1-3H3,(H,18,22)(H2,19,20,23,24,25). The van der Waals surface area contributed by atoms with Crippen LogP contribution in [0.4, 0.5) is 10.5 Å². The van der Waals surface area contributed by atoms with Gasteiger partial charge in [-0.3, -0.25) is 29.8 Å². The quantitative estimate of drug-likeness (QED) is 0.450. The number of ketones is 1. The number of imide groups is 2. The van der Waals surface area contributed by atoms with E-state index in [-0.39, 0.29) is 11.5 Å². The Labute approximate surface area is 149 Å². The van der Waals surface area contributed by atoms with Crippen molar-refractivity contribution in [3.05, 3.63) is 29.8 Å². The first-order valence-corrected chi connectivity index (χ1v) is 7.77. The smallest absolute Gasteiger partial charge is 0.328 e. The van der Waals surface area contributed by atoms with Crippen molar-refractivity contribution < 1.29 is 29.1 Å². The molecular formula is C17H19N3O6. The minimum atomic E-state index is -2.68. The lowest BCUT2D eigenvalue weighted by Crippen LogP contribution is -2.67. The number of carbonyl (C=O) groups is 5. The molecule has 1 heterocycles. The molecule has 1 aromatic rings. The largest absolute Gasteiger partial charge is 0.371 e. The summed E-state index contributed by atoms with van der Waals surface area (Å²) in [5.41, 5.74) is -2.88. The number of barbiturate groups is 1. The first-order valence-electron chi connectivity index (χ1n) is 7.77. The first-order chi connectivity index (χ1) is 11.9. The summed E-state index contributed by atoms with van der Waals surface area (Å²) in [5.74, 6) is -3.50. The third-order valence-corrected chi connectivity index (χ3v) is 3.75. The van der Waals surface area contributed by atoms with Gasteiger partial charge in [-0.1, -0.05) is 32.9 Å². The summed E-state index contributed by atoms with van der Waals surface area (Å²) >= 11 is 0. The molecule has 4 N–H and O–H groups in total. The van der Waals surface area contributed by atoms with E-state index in [4.69, 9.17) is 0 Å². The van der Waals surface area contributed by atoms with Gasteiger partial charge < -0.3 is 10.4 Å². The van der Waals surface area contributed by atoms with Gasteiger partial charge in [0.25, 0.3) is 11.8 Å². The molecule has 0 aromatic heterocycles. The highest BCUT2D eigenvalue weighted by Gasteiger charge is 2.50. The molecule has 0 unspecified atom stereocenters. The molecule has 2 rings (SSSR count). The lowest BCUT2D eigenvalue weighted by molar-refractivity contribution is -0.154. The van der Waals surface area contributed by atoms with Crippen LogP contribution in [0.15, 0.2) is 24.3 Å². The molecule has 0 radical (unpaired) electrons. The molecule has 0 atom stereocenters. The van der Waals surface area contributed by atoms with Crippen molar-refractivity contribution in [3.63, 3.8) is 0 Å². The lowest BCUT2D eigenvalue weighted by Gasteiger charge is -2.28. The van der Waals surface area contributed by atoms with E-state index in [0.717, 1.165) is 0 Å². The Morgan fingerprint density at radius 3 is 2.23 bits per heavy atom. The van der Waals surface area contributed by atoms with Gasteiger partial charge in [0, 0.05) is 16.7 Å². The third kappa shape index (κ3) is 3.94. The van der Waals surface area contributed by atoms with E-state index < -0.39 is 41.1 Å². The average molecular weight is 361 g/mol. The molecule has 0 aliphatic carbocycles. The van der Waals surface area contributed by atoms with Crippen LogP contribution in [-0.2, 0) is 14.4 Å². The molecule has 138 valence electrons. The molecule has 1 aromatic carbocycles. The minimum Gasteiger partial charge on any atom is -0.371 e. The van der Waals surface area contributed by atoms with Crippen molar-refractivity contribution >= 4 is 35.2 Å². The SMILES string of the molecule is CC(C)(C)C(=O)Nc1cccc(C(=O)CC2(O)C(=O)NC(=O)NC2=O)c1. The number of Topliss-reactive ketones (excluding diaryl/α,β-unsaturated/α-hetero) is 1. The summed E-state index contributed by atoms with van der Waals surface area (Å²) in [4.78, 5) is 59.0. The summed E-state index contributed by atoms with van der Waals surface area (Å²) in [5, 5.41) is 16.4.